The van der Waals surface area contributed by atoms with E-state index in [1.165, 1.54) is 12.1 Å². The third-order valence-electron chi connectivity index (χ3n) is 4.56. The van der Waals surface area contributed by atoms with Crippen molar-refractivity contribution in [2.75, 3.05) is 40.3 Å². The fourth-order valence-electron chi connectivity index (χ4n) is 3.09. The minimum Gasteiger partial charge on any atom is -0.355 e. The van der Waals surface area contributed by atoms with Gasteiger partial charge in [-0.15, -0.1) is 0 Å². The van der Waals surface area contributed by atoms with Gasteiger partial charge in [0, 0.05) is 39.0 Å². The molecule has 1 saturated heterocycles. The number of aromatic amines is 1. The molecule has 0 aliphatic carbocycles. The Morgan fingerprint density at radius 3 is 3.04 bits per heavy atom. The summed E-state index contributed by atoms with van der Waals surface area (Å²) in [5, 5.41) is 2.87. The Morgan fingerprint density at radius 1 is 1.46 bits per heavy atom. The number of rotatable bonds is 7. The van der Waals surface area contributed by atoms with Gasteiger partial charge in [0.05, 0.1) is 17.0 Å². The molecule has 1 aromatic carbocycles. The number of benzene rings is 1. The molecule has 0 radical (unpaired) electrons. The van der Waals surface area contributed by atoms with Crippen LogP contribution in [-0.2, 0) is 16.0 Å². The van der Waals surface area contributed by atoms with Gasteiger partial charge in [0.25, 0.3) is 0 Å². The van der Waals surface area contributed by atoms with Crippen LogP contribution < -0.4 is 5.32 Å². The van der Waals surface area contributed by atoms with Crippen LogP contribution in [0, 0.1) is 11.7 Å². The summed E-state index contributed by atoms with van der Waals surface area (Å²) in [5.74, 6) is 0.0142. The van der Waals surface area contributed by atoms with Crippen molar-refractivity contribution in [3.8, 4) is 0 Å². The topological polar surface area (TPSA) is 81.3 Å². The molecule has 2 N–H and O–H groups in total. The maximum atomic E-state index is 13.2. The number of fused-ring (bicyclic) bond motifs is 1. The fraction of sp³-hybridized carbons (Fsp3) is 0.500. The van der Waals surface area contributed by atoms with E-state index in [1.807, 2.05) is 19.0 Å². The number of halogens is 1. The molecule has 140 valence electrons. The number of aromatic nitrogens is 2. The number of amides is 2. The van der Waals surface area contributed by atoms with Gasteiger partial charge in [0.1, 0.15) is 11.6 Å². The standard InChI is InChI=1S/C18H24FN5O2/c1-23(2)7-8-24-11-12(9-17(24)25)18(26)20-6-5-16-21-14-4-3-13(19)10-15(14)22-16/h3-4,10,12H,5-9,11H2,1-2H3,(H,20,26)(H,21,22). The molecule has 1 aromatic heterocycles. The largest absolute Gasteiger partial charge is 0.355 e. The maximum absolute atomic E-state index is 13.2. The van der Waals surface area contributed by atoms with Gasteiger partial charge in [-0.05, 0) is 32.3 Å². The third-order valence-corrected chi connectivity index (χ3v) is 4.56. The Labute approximate surface area is 151 Å². The molecule has 1 atom stereocenters. The zero-order valence-electron chi connectivity index (χ0n) is 15.1. The zero-order chi connectivity index (χ0) is 18.7. The number of imidazole rings is 1. The van der Waals surface area contributed by atoms with E-state index in [0.717, 1.165) is 6.54 Å². The Hall–Kier alpha value is -2.48. The van der Waals surface area contributed by atoms with Gasteiger partial charge in [-0.25, -0.2) is 9.37 Å². The minimum atomic E-state index is -0.314. The third kappa shape index (κ3) is 4.37. The second-order valence-corrected chi connectivity index (χ2v) is 6.93. The number of nitrogens with one attached hydrogen (secondary N) is 2. The van der Waals surface area contributed by atoms with E-state index in [4.69, 9.17) is 0 Å². The highest BCUT2D eigenvalue weighted by molar-refractivity contribution is 5.89. The van der Waals surface area contributed by atoms with E-state index in [-0.39, 0.29) is 30.0 Å². The fourth-order valence-corrected chi connectivity index (χ4v) is 3.09. The van der Waals surface area contributed by atoms with Crippen LogP contribution in [0.25, 0.3) is 11.0 Å². The molecule has 1 aliphatic rings. The SMILES string of the molecule is CN(C)CCN1CC(C(=O)NCCc2nc3ccc(F)cc3[nH]2)CC1=O. The normalized spacial score (nSPS) is 17.5. The highest BCUT2D eigenvalue weighted by atomic mass is 19.1. The second kappa shape index (κ2) is 7.82. The van der Waals surface area contributed by atoms with Crippen LogP contribution in [0.15, 0.2) is 18.2 Å². The van der Waals surface area contributed by atoms with Crippen LogP contribution >= 0.6 is 0 Å². The van der Waals surface area contributed by atoms with Crippen LogP contribution in [0.3, 0.4) is 0 Å². The number of carbonyl (C=O) groups is 2. The molecule has 8 heteroatoms. The summed E-state index contributed by atoms with van der Waals surface area (Å²) in [6.07, 6.45) is 0.788. The molecular weight excluding hydrogens is 337 g/mol. The van der Waals surface area contributed by atoms with Crippen LogP contribution in [0.5, 0.6) is 0 Å². The molecular formula is C18H24FN5O2. The molecule has 2 amide bonds. The molecule has 2 heterocycles. The lowest BCUT2D eigenvalue weighted by atomic mass is 10.1. The summed E-state index contributed by atoms with van der Waals surface area (Å²) < 4.78 is 13.2. The van der Waals surface area contributed by atoms with Crippen LogP contribution in [0.4, 0.5) is 4.39 Å². The Morgan fingerprint density at radius 2 is 2.27 bits per heavy atom. The van der Waals surface area contributed by atoms with E-state index in [9.17, 15) is 14.0 Å². The first kappa shape index (κ1) is 18.3. The smallest absolute Gasteiger partial charge is 0.225 e. The molecule has 26 heavy (non-hydrogen) atoms. The van der Waals surface area contributed by atoms with Gasteiger partial charge in [-0.3, -0.25) is 9.59 Å². The number of hydrogen-bond acceptors (Lipinski definition) is 4. The zero-order valence-corrected chi connectivity index (χ0v) is 15.1. The summed E-state index contributed by atoms with van der Waals surface area (Å²) in [6, 6.07) is 4.39. The lowest BCUT2D eigenvalue weighted by Gasteiger charge is -2.19. The monoisotopic (exact) mass is 361 g/mol. The Balaban J connectivity index is 1.47. The average molecular weight is 361 g/mol. The molecule has 0 saturated carbocycles. The molecule has 0 spiro atoms. The number of carbonyl (C=O) groups excluding carboxylic acids is 2. The second-order valence-electron chi connectivity index (χ2n) is 6.93. The van der Waals surface area contributed by atoms with Crippen LogP contribution in [-0.4, -0.2) is 71.9 Å². The molecule has 2 aromatic rings. The van der Waals surface area contributed by atoms with Gasteiger partial charge in [-0.1, -0.05) is 0 Å². The summed E-state index contributed by atoms with van der Waals surface area (Å²) in [6.45, 7) is 2.32. The summed E-state index contributed by atoms with van der Waals surface area (Å²) in [4.78, 5) is 35.5. The number of H-pyrrole nitrogens is 1. The van der Waals surface area contributed by atoms with Crippen molar-refractivity contribution < 1.29 is 14.0 Å². The van der Waals surface area contributed by atoms with Crippen LogP contribution in [0.1, 0.15) is 12.2 Å². The average Bonchev–Trinajstić information content (AvgIpc) is 3.15. The first-order valence-corrected chi connectivity index (χ1v) is 8.77. The molecule has 1 fully saturated rings. The van der Waals surface area contributed by atoms with Crippen molar-refractivity contribution in [3.63, 3.8) is 0 Å². The highest BCUT2D eigenvalue weighted by Gasteiger charge is 2.33. The summed E-state index contributed by atoms with van der Waals surface area (Å²) in [5.41, 5.74) is 1.34. The van der Waals surface area contributed by atoms with Crippen molar-refractivity contribution in [1.82, 2.24) is 25.1 Å². The lowest BCUT2D eigenvalue weighted by Crippen LogP contribution is -2.36. The van der Waals surface area contributed by atoms with Crippen LogP contribution in [0.2, 0.25) is 0 Å². The van der Waals surface area contributed by atoms with Gasteiger partial charge in [-0.2, -0.15) is 0 Å². The van der Waals surface area contributed by atoms with Crippen molar-refractivity contribution in [1.29, 1.82) is 0 Å². The lowest BCUT2D eigenvalue weighted by molar-refractivity contribution is -0.129. The van der Waals surface area contributed by atoms with E-state index in [1.54, 1.807) is 11.0 Å². The van der Waals surface area contributed by atoms with Gasteiger partial charge in [0.15, 0.2) is 0 Å². The quantitative estimate of drug-likeness (QED) is 0.763. The molecule has 1 aliphatic heterocycles. The van der Waals surface area contributed by atoms with E-state index in [0.29, 0.717) is 42.9 Å². The number of hydrogen-bond donors (Lipinski definition) is 2. The predicted molar refractivity (Wildman–Crippen MR) is 96.0 cm³/mol. The van der Waals surface area contributed by atoms with Crippen molar-refractivity contribution in [2.24, 2.45) is 5.92 Å². The van der Waals surface area contributed by atoms with Gasteiger partial charge in [0.2, 0.25) is 11.8 Å². The molecule has 0 bridgehead atoms. The van der Waals surface area contributed by atoms with Crippen molar-refractivity contribution in [2.45, 2.75) is 12.8 Å². The first-order chi connectivity index (χ1) is 12.4. The Bertz CT molecular complexity index is 804. The maximum Gasteiger partial charge on any atom is 0.225 e. The van der Waals surface area contributed by atoms with E-state index < -0.39 is 0 Å². The summed E-state index contributed by atoms with van der Waals surface area (Å²) in [7, 11) is 3.91. The van der Waals surface area contributed by atoms with Crippen molar-refractivity contribution in [3.05, 3.63) is 29.8 Å². The molecule has 1 unspecified atom stereocenters. The van der Waals surface area contributed by atoms with Gasteiger partial charge >= 0.3 is 0 Å². The molecule has 7 nitrogen and oxygen atoms in total. The number of likely N-dealkylation sites (N-methyl/N-ethyl adjacent to an activating group) is 1. The number of nitrogens with zero attached hydrogens (tertiary/aromatic N) is 3. The van der Waals surface area contributed by atoms with E-state index >= 15 is 0 Å². The number of likely N-dealkylation sites (tertiary alicyclic amines) is 1. The van der Waals surface area contributed by atoms with Gasteiger partial charge < -0.3 is 20.1 Å². The first-order valence-electron chi connectivity index (χ1n) is 8.77. The summed E-state index contributed by atoms with van der Waals surface area (Å²) >= 11 is 0. The van der Waals surface area contributed by atoms with Crippen molar-refractivity contribution >= 4 is 22.8 Å². The van der Waals surface area contributed by atoms with E-state index in [2.05, 4.69) is 15.3 Å². The predicted octanol–water partition coefficient (Wildman–Crippen LogP) is 0.771. The molecule has 3 rings (SSSR count). The minimum absolute atomic E-state index is 0.0336. The highest BCUT2D eigenvalue weighted by Crippen LogP contribution is 2.18. The Kier molecular flexibility index (Phi) is 5.51.